The van der Waals surface area contributed by atoms with E-state index in [-0.39, 0.29) is 30.7 Å². The number of nitrogens with zero attached hydrogens (tertiary/aromatic N) is 1. The van der Waals surface area contributed by atoms with Crippen LogP contribution >= 0.6 is 0 Å². The molecule has 2 aromatic rings. The molecule has 164 valence electrons. The van der Waals surface area contributed by atoms with Gasteiger partial charge in [-0.2, -0.15) is 0 Å². The number of amides is 3. The molecule has 1 heterocycles. The van der Waals surface area contributed by atoms with Gasteiger partial charge in [0.1, 0.15) is 0 Å². The van der Waals surface area contributed by atoms with Crippen LogP contribution in [0.15, 0.2) is 36.4 Å². The number of carbonyl (C=O) groups is 3. The summed E-state index contributed by atoms with van der Waals surface area (Å²) in [5, 5.41) is 4.52. The van der Waals surface area contributed by atoms with Crippen LogP contribution in [0.5, 0.6) is 0 Å². The molecule has 0 spiro atoms. The van der Waals surface area contributed by atoms with Gasteiger partial charge in [0.15, 0.2) is 0 Å². The molecule has 1 aliphatic heterocycles. The standard InChI is InChI=1S/C25H30N2O4/c28-22(26-15-7-17-31-19-10-2-1-3-11-19)14-6-16-27-24(29)20-12-4-8-18-9-5-13-21(23(18)20)25(27)30/h4-5,8-9,12-13,19H,1-3,6-7,10-11,14-17H2,(H,26,28). The van der Waals surface area contributed by atoms with Crippen molar-refractivity contribution < 1.29 is 19.1 Å². The maximum atomic E-state index is 12.9. The summed E-state index contributed by atoms with van der Waals surface area (Å²) in [7, 11) is 0. The van der Waals surface area contributed by atoms with Gasteiger partial charge >= 0.3 is 0 Å². The van der Waals surface area contributed by atoms with Crippen molar-refractivity contribution in [3.8, 4) is 0 Å². The third-order valence-electron chi connectivity index (χ3n) is 6.19. The van der Waals surface area contributed by atoms with Crippen molar-refractivity contribution in [2.24, 2.45) is 0 Å². The van der Waals surface area contributed by atoms with Gasteiger partial charge in [0, 0.05) is 42.6 Å². The highest BCUT2D eigenvalue weighted by Crippen LogP contribution is 2.30. The highest BCUT2D eigenvalue weighted by molar-refractivity contribution is 6.25. The van der Waals surface area contributed by atoms with Crippen LogP contribution in [0, 0.1) is 0 Å². The number of hydrogen-bond acceptors (Lipinski definition) is 4. The van der Waals surface area contributed by atoms with Gasteiger partial charge in [-0.05, 0) is 43.2 Å². The molecular weight excluding hydrogens is 392 g/mol. The third-order valence-corrected chi connectivity index (χ3v) is 6.19. The van der Waals surface area contributed by atoms with E-state index in [0.29, 0.717) is 36.8 Å². The molecule has 4 rings (SSSR count). The van der Waals surface area contributed by atoms with Crippen LogP contribution in [0.3, 0.4) is 0 Å². The number of ether oxygens (including phenoxy) is 1. The first-order chi connectivity index (χ1) is 15.1. The van der Waals surface area contributed by atoms with Crippen LogP contribution < -0.4 is 5.32 Å². The highest BCUT2D eigenvalue weighted by atomic mass is 16.5. The molecule has 0 bridgehead atoms. The molecule has 0 radical (unpaired) electrons. The number of hydrogen-bond donors (Lipinski definition) is 1. The topological polar surface area (TPSA) is 75.7 Å². The second kappa shape index (κ2) is 10.1. The summed E-state index contributed by atoms with van der Waals surface area (Å²) >= 11 is 0. The molecule has 6 nitrogen and oxygen atoms in total. The SMILES string of the molecule is O=C(CCCN1C(=O)c2cccc3cccc(c23)C1=O)NCCCOC1CCCCC1. The van der Waals surface area contributed by atoms with Gasteiger partial charge in [0.2, 0.25) is 5.91 Å². The van der Waals surface area contributed by atoms with Crippen LogP contribution in [-0.4, -0.2) is 48.4 Å². The predicted octanol–water partition coefficient (Wildman–Crippen LogP) is 4.07. The van der Waals surface area contributed by atoms with Crippen molar-refractivity contribution in [1.29, 1.82) is 0 Å². The Morgan fingerprint density at radius 2 is 1.65 bits per heavy atom. The van der Waals surface area contributed by atoms with Gasteiger partial charge < -0.3 is 10.1 Å². The molecule has 3 amide bonds. The maximum Gasteiger partial charge on any atom is 0.261 e. The molecule has 6 heteroatoms. The van der Waals surface area contributed by atoms with Crippen molar-refractivity contribution in [3.63, 3.8) is 0 Å². The van der Waals surface area contributed by atoms with Crippen molar-refractivity contribution in [2.75, 3.05) is 19.7 Å². The molecule has 1 fully saturated rings. The fourth-order valence-electron chi connectivity index (χ4n) is 4.55. The molecule has 1 aliphatic carbocycles. The minimum atomic E-state index is -0.283. The lowest BCUT2D eigenvalue weighted by molar-refractivity contribution is -0.121. The van der Waals surface area contributed by atoms with Crippen LogP contribution in [0.1, 0.15) is 72.1 Å². The van der Waals surface area contributed by atoms with E-state index >= 15 is 0 Å². The number of rotatable bonds is 9. The number of nitrogens with one attached hydrogen (secondary N) is 1. The lowest BCUT2D eigenvalue weighted by Gasteiger charge is -2.27. The summed E-state index contributed by atoms with van der Waals surface area (Å²) in [5.74, 6) is -0.624. The average molecular weight is 423 g/mol. The van der Waals surface area contributed by atoms with E-state index in [4.69, 9.17) is 4.74 Å². The van der Waals surface area contributed by atoms with Crippen LogP contribution in [0.2, 0.25) is 0 Å². The van der Waals surface area contributed by atoms with Gasteiger partial charge in [0.25, 0.3) is 11.8 Å². The fourth-order valence-corrected chi connectivity index (χ4v) is 4.55. The molecule has 0 aromatic heterocycles. The lowest BCUT2D eigenvalue weighted by atomic mass is 9.94. The summed E-state index contributed by atoms with van der Waals surface area (Å²) in [5.41, 5.74) is 1.10. The maximum absolute atomic E-state index is 12.9. The Bertz CT molecular complexity index is 914. The highest BCUT2D eigenvalue weighted by Gasteiger charge is 2.32. The first-order valence-corrected chi connectivity index (χ1v) is 11.4. The van der Waals surface area contributed by atoms with Crippen molar-refractivity contribution in [3.05, 3.63) is 47.5 Å². The molecular formula is C25H30N2O4. The number of imide groups is 1. The summed E-state index contributed by atoms with van der Waals surface area (Å²) in [6.45, 7) is 1.50. The summed E-state index contributed by atoms with van der Waals surface area (Å²) in [6, 6.07) is 11.0. The van der Waals surface area contributed by atoms with Gasteiger partial charge in [-0.3, -0.25) is 19.3 Å². The minimum absolute atomic E-state index is 0.0583. The van der Waals surface area contributed by atoms with E-state index in [1.807, 2.05) is 24.3 Å². The average Bonchev–Trinajstić information content (AvgIpc) is 2.80. The smallest absolute Gasteiger partial charge is 0.261 e. The van der Waals surface area contributed by atoms with E-state index in [9.17, 15) is 14.4 Å². The van der Waals surface area contributed by atoms with Crippen molar-refractivity contribution >= 4 is 28.5 Å². The molecule has 0 saturated heterocycles. The molecule has 2 aliphatic rings. The zero-order valence-corrected chi connectivity index (χ0v) is 17.9. The number of carbonyl (C=O) groups excluding carboxylic acids is 3. The largest absolute Gasteiger partial charge is 0.378 e. The van der Waals surface area contributed by atoms with Crippen LogP contribution in [0.25, 0.3) is 10.8 Å². The van der Waals surface area contributed by atoms with Gasteiger partial charge in [-0.15, -0.1) is 0 Å². The fraction of sp³-hybridized carbons (Fsp3) is 0.480. The Kier molecular flexibility index (Phi) is 6.97. The monoisotopic (exact) mass is 422 g/mol. The van der Waals surface area contributed by atoms with Gasteiger partial charge in [-0.1, -0.05) is 43.5 Å². The summed E-state index contributed by atoms with van der Waals surface area (Å²) in [6.07, 6.45) is 8.04. The van der Waals surface area contributed by atoms with Crippen molar-refractivity contribution in [1.82, 2.24) is 10.2 Å². The van der Waals surface area contributed by atoms with Crippen LogP contribution in [-0.2, 0) is 9.53 Å². The zero-order chi connectivity index (χ0) is 21.6. The second-order valence-corrected chi connectivity index (χ2v) is 8.41. The lowest BCUT2D eigenvalue weighted by Crippen LogP contribution is -2.41. The van der Waals surface area contributed by atoms with E-state index in [1.54, 1.807) is 12.1 Å². The summed E-state index contributed by atoms with van der Waals surface area (Å²) in [4.78, 5) is 39.1. The molecule has 31 heavy (non-hydrogen) atoms. The minimum Gasteiger partial charge on any atom is -0.378 e. The molecule has 1 N–H and O–H groups in total. The Morgan fingerprint density at radius 1 is 0.968 bits per heavy atom. The Balaban J connectivity index is 1.20. The van der Waals surface area contributed by atoms with E-state index in [1.165, 1.54) is 24.2 Å². The second-order valence-electron chi connectivity index (χ2n) is 8.41. The van der Waals surface area contributed by atoms with E-state index in [2.05, 4.69) is 5.32 Å². The summed E-state index contributed by atoms with van der Waals surface area (Å²) < 4.78 is 5.87. The Hall–Kier alpha value is -2.73. The number of benzene rings is 2. The Morgan fingerprint density at radius 3 is 2.32 bits per heavy atom. The Labute approximate surface area is 182 Å². The zero-order valence-electron chi connectivity index (χ0n) is 17.9. The first-order valence-electron chi connectivity index (χ1n) is 11.4. The van der Waals surface area contributed by atoms with E-state index in [0.717, 1.165) is 30.0 Å². The van der Waals surface area contributed by atoms with Gasteiger partial charge in [0.05, 0.1) is 6.10 Å². The molecule has 2 aromatic carbocycles. The van der Waals surface area contributed by atoms with E-state index < -0.39 is 0 Å². The van der Waals surface area contributed by atoms with Gasteiger partial charge in [-0.25, -0.2) is 0 Å². The third kappa shape index (κ3) is 4.96. The quantitative estimate of drug-likeness (QED) is 0.488. The molecule has 0 atom stereocenters. The van der Waals surface area contributed by atoms with Crippen molar-refractivity contribution in [2.45, 2.75) is 57.5 Å². The predicted molar refractivity (Wildman–Crippen MR) is 119 cm³/mol. The first kappa shape index (κ1) is 21.5. The molecule has 0 unspecified atom stereocenters. The molecule has 1 saturated carbocycles. The van der Waals surface area contributed by atoms with Crippen LogP contribution in [0.4, 0.5) is 0 Å². The normalized spacial score (nSPS) is 16.7.